The van der Waals surface area contributed by atoms with Gasteiger partial charge in [-0.3, -0.25) is 19.2 Å². The quantitative estimate of drug-likeness (QED) is 0.378. The Hall–Kier alpha value is -1.77. The summed E-state index contributed by atoms with van der Waals surface area (Å²) in [4.78, 5) is 49.4. The summed E-state index contributed by atoms with van der Waals surface area (Å²) >= 11 is 5.59. The fourth-order valence-corrected chi connectivity index (χ4v) is 5.25. The molecule has 1 saturated carbocycles. The molecule has 4 rings (SSSR count). The molecule has 28 heavy (non-hydrogen) atoms. The van der Waals surface area contributed by atoms with E-state index in [0.29, 0.717) is 5.57 Å². The molecule has 9 heteroatoms. The van der Waals surface area contributed by atoms with Crippen molar-refractivity contribution in [3.63, 3.8) is 0 Å². The van der Waals surface area contributed by atoms with Gasteiger partial charge in [0.25, 0.3) is 0 Å². The number of hydrogen-bond donors (Lipinski definition) is 0. The molecule has 0 aromatic rings. The molecule has 2 heterocycles. The lowest BCUT2D eigenvalue weighted by atomic mass is 9.51. The van der Waals surface area contributed by atoms with Crippen LogP contribution in [-0.2, 0) is 38.1 Å². The zero-order valence-electron chi connectivity index (χ0n) is 15.8. The maximum Gasteiger partial charge on any atom is 0.321 e. The number of alkyl halides is 1. The van der Waals surface area contributed by atoms with E-state index in [1.807, 2.05) is 0 Å². The number of rotatable bonds is 4. The van der Waals surface area contributed by atoms with Crippen LogP contribution in [0.25, 0.3) is 0 Å². The molecule has 0 aromatic heterocycles. The Morgan fingerprint density at radius 1 is 1.36 bits per heavy atom. The molecule has 3 fully saturated rings. The average Bonchev–Trinajstić information content (AvgIpc) is 3.42. The van der Waals surface area contributed by atoms with E-state index in [4.69, 9.17) is 30.5 Å². The molecule has 4 aliphatic rings. The zero-order chi connectivity index (χ0) is 20.5. The molecule has 6 atom stereocenters. The molecule has 2 bridgehead atoms. The van der Waals surface area contributed by atoms with Crippen molar-refractivity contribution in [3.05, 3.63) is 11.6 Å². The molecular formula is C19H21ClO8. The van der Waals surface area contributed by atoms with Crippen molar-refractivity contribution in [1.29, 1.82) is 0 Å². The van der Waals surface area contributed by atoms with Gasteiger partial charge in [0.05, 0.1) is 23.5 Å². The Bertz CT molecular complexity index is 815. The fraction of sp³-hybridized carbons (Fsp3) is 0.684. The highest BCUT2D eigenvalue weighted by Gasteiger charge is 2.86. The summed E-state index contributed by atoms with van der Waals surface area (Å²) in [5.41, 5.74) is -2.77. The summed E-state index contributed by atoms with van der Waals surface area (Å²) in [6, 6.07) is 0. The van der Waals surface area contributed by atoms with Gasteiger partial charge in [-0.1, -0.05) is 6.92 Å². The lowest BCUT2D eigenvalue weighted by Gasteiger charge is -2.57. The highest BCUT2D eigenvalue weighted by atomic mass is 35.5. The summed E-state index contributed by atoms with van der Waals surface area (Å²) in [7, 11) is 0. The standard InChI is InChI=1S/C19H21ClO8/c1-9-4-12-18(5-11(9)22,7-25-10(2)21)17(3)15(28-13(23)6-20)14(24)16(27-12)19(17)8-26-19/h4,12,15-16H,5-8H2,1-3H3/t12?,15-,16?,17-,18-,19?/m1/s1. The second-order valence-electron chi connectivity index (χ2n) is 8.11. The number of Topliss-reactive ketones (excluding diaryl/α,β-unsaturated/α-hetero) is 2. The first-order valence-corrected chi connectivity index (χ1v) is 9.60. The van der Waals surface area contributed by atoms with Crippen LogP contribution in [0.5, 0.6) is 0 Å². The summed E-state index contributed by atoms with van der Waals surface area (Å²) in [6.45, 7) is 4.75. The molecule has 0 aromatic carbocycles. The normalized spacial score (nSPS) is 43.4. The third-order valence-corrected chi connectivity index (χ3v) is 7.09. The minimum absolute atomic E-state index is 0.0240. The van der Waals surface area contributed by atoms with Crippen molar-refractivity contribution in [2.75, 3.05) is 19.1 Å². The predicted octanol–water partition coefficient (Wildman–Crippen LogP) is 0.731. The molecule has 3 unspecified atom stereocenters. The van der Waals surface area contributed by atoms with E-state index in [0.717, 1.165) is 0 Å². The van der Waals surface area contributed by atoms with Gasteiger partial charge in [-0.05, 0) is 18.6 Å². The van der Waals surface area contributed by atoms with Crippen LogP contribution in [0.15, 0.2) is 11.6 Å². The van der Waals surface area contributed by atoms with E-state index in [-0.39, 0.29) is 25.4 Å². The predicted molar refractivity (Wildman–Crippen MR) is 93.5 cm³/mol. The Labute approximate surface area is 166 Å². The van der Waals surface area contributed by atoms with Gasteiger partial charge in [-0.2, -0.15) is 0 Å². The minimum Gasteiger partial charge on any atom is -0.465 e. The Morgan fingerprint density at radius 2 is 2.04 bits per heavy atom. The van der Waals surface area contributed by atoms with Crippen molar-refractivity contribution in [2.24, 2.45) is 10.8 Å². The van der Waals surface area contributed by atoms with Crippen molar-refractivity contribution in [1.82, 2.24) is 0 Å². The molecule has 2 aliphatic heterocycles. The van der Waals surface area contributed by atoms with Crippen LogP contribution < -0.4 is 0 Å². The highest BCUT2D eigenvalue weighted by Crippen LogP contribution is 2.70. The van der Waals surface area contributed by atoms with Crippen molar-refractivity contribution in [2.45, 2.75) is 51.1 Å². The number of allylic oxidation sites excluding steroid dienone is 1. The van der Waals surface area contributed by atoms with Crippen LogP contribution in [0.4, 0.5) is 0 Å². The van der Waals surface area contributed by atoms with Gasteiger partial charge in [0.1, 0.15) is 18.1 Å². The first-order chi connectivity index (χ1) is 13.1. The molecule has 0 N–H and O–H groups in total. The van der Waals surface area contributed by atoms with Crippen LogP contribution in [0.3, 0.4) is 0 Å². The molecule has 2 aliphatic carbocycles. The lowest BCUT2D eigenvalue weighted by molar-refractivity contribution is -0.231. The van der Waals surface area contributed by atoms with Crippen LogP contribution >= 0.6 is 11.6 Å². The number of epoxide rings is 1. The van der Waals surface area contributed by atoms with Crippen LogP contribution in [0.2, 0.25) is 0 Å². The van der Waals surface area contributed by atoms with Gasteiger partial charge < -0.3 is 18.9 Å². The van der Waals surface area contributed by atoms with Crippen LogP contribution in [-0.4, -0.2) is 66.5 Å². The lowest BCUT2D eigenvalue weighted by Crippen LogP contribution is -2.67. The molecule has 0 radical (unpaired) electrons. The first kappa shape index (κ1) is 19.5. The number of carbonyl (C=O) groups excluding carboxylic acids is 4. The van der Waals surface area contributed by atoms with Gasteiger partial charge in [-0.25, -0.2) is 0 Å². The van der Waals surface area contributed by atoms with E-state index in [9.17, 15) is 19.2 Å². The number of halogens is 1. The Morgan fingerprint density at radius 3 is 2.61 bits per heavy atom. The van der Waals surface area contributed by atoms with Gasteiger partial charge >= 0.3 is 11.9 Å². The third kappa shape index (κ3) is 2.25. The second kappa shape index (κ2) is 6.11. The number of ether oxygens (including phenoxy) is 4. The van der Waals surface area contributed by atoms with Gasteiger partial charge in [0.15, 0.2) is 18.0 Å². The Balaban J connectivity index is 1.89. The van der Waals surface area contributed by atoms with Crippen LogP contribution in [0, 0.1) is 10.8 Å². The molecule has 152 valence electrons. The molecular weight excluding hydrogens is 392 g/mol. The molecule has 0 amide bonds. The third-order valence-electron chi connectivity index (χ3n) is 6.87. The number of hydrogen-bond acceptors (Lipinski definition) is 8. The fourth-order valence-electron chi connectivity index (χ4n) is 5.19. The minimum atomic E-state index is -1.22. The van der Waals surface area contributed by atoms with Gasteiger partial charge in [-0.15, -0.1) is 11.6 Å². The van der Waals surface area contributed by atoms with E-state index in [1.165, 1.54) is 6.92 Å². The topological polar surface area (TPSA) is 109 Å². The molecule has 2 saturated heterocycles. The first-order valence-electron chi connectivity index (χ1n) is 9.06. The molecule has 8 nitrogen and oxygen atoms in total. The average molecular weight is 413 g/mol. The summed E-state index contributed by atoms with van der Waals surface area (Å²) in [6.07, 6.45) is -1.18. The second-order valence-corrected chi connectivity index (χ2v) is 8.38. The van der Waals surface area contributed by atoms with E-state index in [2.05, 4.69) is 0 Å². The van der Waals surface area contributed by atoms with Crippen molar-refractivity contribution < 1.29 is 38.1 Å². The summed E-state index contributed by atoms with van der Waals surface area (Å²) in [5, 5.41) is 0. The number of ketones is 2. The van der Waals surface area contributed by atoms with E-state index in [1.54, 1.807) is 19.9 Å². The number of carbonyl (C=O) groups is 4. The van der Waals surface area contributed by atoms with E-state index >= 15 is 0 Å². The maximum atomic E-state index is 13.1. The zero-order valence-corrected chi connectivity index (χ0v) is 16.5. The number of fused-ring (bicyclic) bond motifs is 2. The maximum absolute atomic E-state index is 13.1. The van der Waals surface area contributed by atoms with E-state index < -0.39 is 58.3 Å². The largest absolute Gasteiger partial charge is 0.465 e. The van der Waals surface area contributed by atoms with Crippen LogP contribution in [0.1, 0.15) is 27.2 Å². The van der Waals surface area contributed by atoms with Crippen molar-refractivity contribution in [3.8, 4) is 0 Å². The summed E-state index contributed by atoms with van der Waals surface area (Å²) in [5.74, 6) is -2.27. The monoisotopic (exact) mass is 412 g/mol. The van der Waals surface area contributed by atoms with Gasteiger partial charge in [0.2, 0.25) is 5.78 Å². The number of esters is 2. The Kier molecular flexibility index (Phi) is 4.27. The summed E-state index contributed by atoms with van der Waals surface area (Å²) < 4.78 is 22.7. The van der Waals surface area contributed by atoms with Gasteiger partial charge in [0, 0.05) is 13.3 Å². The SMILES string of the molecule is CC(=O)OC[C@]12CC(=O)C(C)=CC1OC1C(=O)[C@@H](OC(=O)CCl)[C@@]2(C)C12CO2. The highest BCUT2D eigenvalue weighted by molar-refractivity contribution is 6.26. The van der Waals surface area contributed by atoms with Crippen molar-refractivity contribution >= 4 is 35.1 Å². The smallest absolute Gasteiger partial charge is 0.321 e. The molecule has 1 spiro atoms.